The highest BCUT2D eigenvalue weighted by molar-refractivity contribution is 6.00. The van der Waals surface area contributed by atoms with E-state index < -0.39 is 5.92 Å². The highest BCUT2D eigenvalue weighted by Gasteiger charge is 2.31. The van der Waals surface area contributed by atoms with Crippen molar-refractivity contribution in [3.05, 3.63) is 0 Å². The molecule has 0 N–H and O–H groups in total. The molecule has 0 aliphatic carbocycles. The van der Waals surface area contributed by atoms with Crippen molar-refractivity contribution >= 4 is 11.8 Å². The number of ketones is 1. The summed E-state index contributed by atoms with van der Waals surface area (Å²) >= 11 is 0. The smallest absolute Gasteiger partial charge is 0.316 e. The lowest BCUT2D eigenvalue weighted by molar-refractivity contribution is -0.162. The first-order chi connectivity index (χ1) is 4.61. The van der Waals surface area contributed by atoms with Crippen molar-refractivity contribution in [1.82, 2.24) is 0 Å². The molecule has 3 nitrogen and oxygen atoms in total. The van der Waals surface area contributed by atoms with Crippen LogP contribution in [-0.4, -0.2) is 17.9 Å². The van der Waals surface area contributed by atoms with Crippen LogP contribution in [0.25, 0.3) is 0 Å². The van der Waals surface area contributed by atoms with E-state index in [1.807, 2.05) is 0 Å². The van der Waals surface area contributed by atoms with Gasteiger partial charge in [-0.2, -0.15) is 0 Å². The monoisotopic (exact) mass is 142 g/mol. The maximum absolute atomic E-state index is 10.9. The minimum atomic E-state index is -0.545. The summed E-state index contributed by atoms with van der Waals surface area (Å²) < 4.78 is 4.81. The fourth-order valence-electron chi connectivity index (χ4n) is 0.934. The van der Waals surface area contributed by atoms with Crippen LogP contribution in [0.1, 0.15) is 20.3 Å². The lowest BCUT2D eigenvalue weighted by atomic mass is 9.99. The number of hydrogen-bond acceptors (Lipinski definition) is 3. The molecule has 0 aromatic heterocycles. The van der Waals surface area contributed by atoms with Crippen LogP contribution < -0.4 is 0 Å². The van der Waals surface area contributed by atoms with E-state index in [4.69, 9.17) is 4.74 Å². The van der Waals surface area contributed by atoms with E-state index in [1.54, 1.807) is 13.8 Å². The van der Waals surface area contributed by atoms with Gasteiger partial charge in [0.05, 0.1) is 0 Å². The third-order valence-electron chi connectivity index (χ3n) is 1.64. The van der Waals surface area contributed by atoms with Gasteiger partial charge < -0.3 is 4.74 Å². The molecule has 1 aliphatic heterocycles. The van der Waals surface area contributed by atoms with Crippen molar-refractivity contribution in [1.29, 1.82) is 0 Å². The van der Waals surface area contributed by atoms with Crippen molar-refractivity contribution in [3.63, 3.8) is 0 Å². The van der Waals surface area contributed by atoms with Crippen LogP contribution in [0, 0.1) is 5.92 Å². The van der Waals surface area contributed by atoms with E-state index in [0.717, 1.165) is 0 Å². The summed E-state index contributed by atoms with van der Waals surface area (Å²) in [5.41, 5.74) is 0. The van der Waals surface area contributed by atoms with Crippen LogP contribution in [-0.2, 0) is 14.3 Å². The quantitative estimate of drug-likeness (QED) is 0.366. The Labute approximate surface area is 59.4 Å². The van der Waals surface area contributed by atoms with Gasteiger partial charge in [0.1, 0.15) is 17.8 Å². The van der Waals surface area contributed by atoms with Crippen molar-refractivity contribution in [2.45, 2.75) is 26.4 Å². The molecular formula is C7H10O3. The number of esters is 1. The molecule has 0 aromatic rings. The van der Waals surface area contributed by atoms with Gasteiger partial charge in [-0.1, -0.05) is 0 Å². The van der Waals surface area contributed by atoms with Crippen molar-refractivity contribution in [3.8, 4) is 0 Å². The molecule has 1 aliphatic rings. The van der Waals surface area contributed by atoms with Gasteiger partial charge in [0.25, 0.3) is 0 Å². The molecule has 2 unspecified atom stereocenters. The Morgan fingerprint density at radius 1 is 1.40 bits per heavy atom. The fraction of sp³-hybridized carbons (Fsp3) is 0.714. The average molecular weight is 142 g/mol. The molecule has 1 rings (SSSR count). The summed E-state index contributed by atoms with van der Waals surface area (Å²) in [5.74, 6) is -0.941. The zero-order valence-electron chi connectivity index (χ0n) is 6.09. The van der Waals surface area contributed by atoms with Gasteiger partial charge in [-0.3, -0.25) is 9.59 Å². The van der Waals surface area contributed by atoms with Crippen LogP contribution in [0.3, 0.4) is 0 Å². The minimum Gasteiger partial charge on any atom is -0.462 e. The predicted molar refractivity (Wildman–Crippen MR) is 34.3 cm³/mol. The summed E-state index contributed by atoms with van der Waals surface area (Å²) in [6.07, 6.45) is 0.142. The van der Waals surface area contributed by atoms with Gasteiger partial charge in [-0.15, -0.1) is 0 Å². The topological polar surface area (TPSA) is 43.4 Å². The Hall–Kier alpha value is -0.860. The zero-order valence-corrected chi connectivity index (χ0v) is 6.09. The number of carbonyl (C=O) groups excluding carboxylic acids is 2. The largest absolute Gasteiger partial charge is 0.462 e. The molecule has 1 fully saturated rings. The number of ether oxygens (including phenoxy) is 1. The molecular weight excluding hydrogens is 132 g/mol. The number of Topliss-reactive ketones (excluding diaryl/α,β-unsaturated/α-hetero) is 1. The molecule has 0 saturated carbocycles. The minimum absolute atomic E-state index is 0.0104. The first-order valence-electron chi connectivity index (χ1n) is 3.34. The summed E-state index contributed by atoms with van der Waals surface area (Å²) in [7, 11) is 0. The highest BCUT2D eigenvalue weighted by Crippen LogP contribution is 2.15. The Morgan fingerprint density at radius 3 is 2.50 bits per heavy atom. The number of carbonyl (C=O) groups is 2. The summed E-state index contributed by atoms with van der Waals surface area (Å²) in [5, 5.41) is 0. The van der Waals surface area contributed by atoms with Crippen LogP contribution in [0.15, 0.2) is 0 Å². The molecule has 0 aromatic carbocycles. The second-order valence-electron chi connectivity index (χ2n) is 2.64. The van der Waals surface area contributed by atoms with E-state index in [2.05, 4.69) is 0 Å². The predicted octanol–water partition coefficient (Wildman–Crippen LogP) is 0.527. The Kier molecular flexibility index (Phi) is 1.74. The van der Waals surface area contributed by atoms with Gasteiger partial charge in [0, 0.05) is 6.42 Å². The van der Waals surface area contributed by atoms with Gasteiger partial charge in [-0.25, -0.2) is 0 Å². The zero-order chi connectivity index (χ0) is 7.72. The molecule has 1 heterocycles. The molecule has 1 saturated heterocycles. The lowest BCUT2D eigenvalue weighted by Gasteiger charge is -2.21. The van der Waals surface area contributed by atoms with Crippen LogP contribution in [0.5, 0.6) is 0 Å². The maximum atomic E-state index is 10.9. The Balaban J connectivity index is 2.66. The standard InChI is InChI=1S/C7H10O3/c1-4-3-6(8)5(2)7(9)10-4/h4-5H,3H2,1-2H3. The molecule has 10 heavy (non-hydrogen) atoms. The summed E-state index contributed by atoms with van der Waals surface area (Å²) in [4.78, 5) is 21.7. The first-order valence-corrected chi connectivity index (χ1v) is 3.34. The second-order valence-corrected chi connectivity index (χ2v) is 2.64. The first kappa shape index (κ1) is 7.25. The Bertz CT molecular complexity index is 156. The third kappa shape index (κ3) is 1.17. The number of hydrogen-bond donors (Lipinski definition) is 0. The van der Waals surface area contributed by atoms with Crippen LogP contribution in [0.4, 0.5) is 0 Å². The number of cyclic esters (lactones) is 1. The SMILES string of the molecule is CC1CC(=O)C(C)C(=O)O1. The van der Waals surface area contributed by atoms with Gasteiger partial charge >= 0.3 is 5.97 Å². The van der Waals surface area contributed by atoms with Crippen molar-refractivity contribution in [2.75, 3.05) is 0 Å². The normalized spacial score (nSPS) is 33.8. The fourth-order valence-corrected chi connectivity index (χ4v) is 0.934. The van der Waals surface area contributed by atoms with Crippen molar-refractivity contribution < 1.29 is 14.3 Å². The molecule has 56 valence electrons. The third-order valence-corrected chi connectivity index (χ3v) is 1.64. The molecule has 0 bridgehead atoms. The van der Waals surface area contributed by atoms with E-state index in [-0.39, 0.29) is 17.9 Å². The van der Waals surface area contributed by atoms with Gasteiger partial charge in [-0.05, 0) is 13.8 Å². The van der Waals surface area contributed by atoms with E-state index in [0.29, 0.717) is 6.42 Å². The van der Waals surface area contributed by atoms with Crippen LogP contribution >= 0.6 is 0 Å². The molecule has 0 radical (unpaired) electrons. The summed E-state index contributed by atoms with van der Waals surface area (Å²) in [6, 6.07) is 0. The van der Waals surface area contributed by atoms with Gasteiger partial charge in [0.2, 0.25) is 0 Å². The average Bonchev–Trinajstić information content (AvgIpc) is 1.82. The van der Waals surface area contributed by atoms with Crippen molar-refractivity contribution in [2.24, 2.45) is 5.92 Å². The van der Waals surface area contributed by atoms with E-state index in [1.165, 1.54) is 0 Å². The van der Waals surface area contributed by atoms with Crippen LogP contribution in [0.2, 0.25) is 0 Å². The lowest BCUT2D eigenvalue weighted by Crippen LogP contribution is -2.35. The van der Waals surface area contributed by atoms with Gasteiger partial charge in [0.15, 0.2) is 0 Å². The molecule has 0 amide bonds. The van der Waals surface area contributed by atoms with E-state index in [9.17, 15) is 9.59 Å². The van der Waals surface area contributed by atoms with E-state index >= 15 is 0 Å². The molecule has 0 spiro atoms. The maximum Gasteiger partial charge on any atom is 0.316 e. The second kappa shape index (κ2) is 2.40. The molecule has 2 atom stereocenters. The Morgan fingerprint density at radius 2 is 2.00 bits per heavy atom. The summed E-state index contributed by atoms with van der Waals surface area (Å²) in [6.45, 7) is 3.30. The molecule has 3 heteroatoms. The highest BCUT2D eigenvalue weighted by atomic mass is 16.5. The number of rotatable bonds is 0.